The van der Waals surface area contributed by atoms with Crippen molar-refractivity contribution in [2.45, 2.75) is 31.1 Å². The number of nitrogens with one attached hydrogen (secondary N) is 1. The molecule has 0 amide bonds. The molecule has 0 bridgehead atoms. The van der Waals surface area contributed by atoms with Gasteiger partial charge < -0.3 is 5.73 Å². The van der Waals surface area contributed by atoms with Crippen LogP contribution in [0.5, 0.6) is 0 Å². The van der Waals surface area contributed by atoms with Gasteiger partial charge in [0.05, 0.1) is 5.69 Å². The molecule has 17 heavy (non-hydrogen) atoms. The standard InChI is InChI=1S/C12H18N2O2S/c1-12(7-4-8-12)9-14-17(15,16)11-6-3-2-5-10(11)13/h2-3,5-6,14H,4,7-9,13H2,1H3. The number of nitrogens with two attached hydrogens (primary N) is 1. The van der Waals surface area contributed by atoms with Gasteiger partial charge in [-0.3, -0.25) is 0 Å². The summed E-state index contributed by atoms with van der Waals surface area (Å²) in [7, 11) is -3.48. The molecule has 0 radical (unpaired) electrons. The van der Waals surface area contributed by atoms with Crippen LogP contribution >= 0.6 is 0 Å². The Kier molecular flexibility index (Phi) is 3.14. The molecular formula is C12H18N2O2S. The summed E-state index contributed by atoms with van der Waals surface area (Å²) in [5.74, 6) is 0. The van der Waals surface area contributed by atoms with Crippen LogP contribution in [-0.4, -0.2) is 15.0 Å². The third-order valence-electron chi connectivity index (χ3n) is 3.46. The number of benzene rings is 1. The Labute approximate surface area is 102 Å². The van der Waals surface area contributed by atoms with E-state index in [1.807, 2.05) is 0 Å². The topological polar surface area (TPSA) is 72.2 Å². The Hall–Kier alpha value is -1.07. The summed E-state index contributed by atoms with van der Waals surface area (Å²) in [6, 6.07) is 6.53. The number of sulfonamides is 1. The lowest BCUT2D eigenvalue weighted by Gasteiger charge is -2.38. The maximum Gasteiger partial charge on any atom is 0.242 e. The molecule has 0 aromatic heterocycles. The van der Waals surface area contributed by atoms with Crippen molar-refractivity contribution < 1.29 is 8.42 Å². The fourth-order valence-electron chi connectivity index (χ4n) is 2.03. The minimum atomic E-state index is -3.48. The van der Waals surface area contributed by atoms with Gasteiger partial charge in [-0.1, -0.05) is 25.5 Å². The summed E-state index contributed by atoms with van der Waals surface area (Å²) in [5, 5.41) is 0. The smallest absolute Gasteiger partial charge is 0.242 e. The zero-order chi connectivity index (χ0) is 12.5. The molecule has 0 atom stereocenters. The summed E-state index contributed by atoms with van der Waals surface area (Å²) in [6.07, 6.45) is 3.35. The van der Waals surface area contributed by atoms with Crippen LogP contribution in [0.1, 0.15) is 26.2 Å². The monoisotopic (exact) mass is 254 g/mol. The normalized spacial score (nSPS) is 18.6. The lowest BCUT2D eigenvalue weighted by atomic mass is 9.71. The molecular weight excluding hydrogens is 236 g/mol. The molecule has 1 saturated carbocycles. The first-order valence-electron chi connectivity index (χ1n) is 5.77. The zero-order valence-electron chi connectivity index (χ0n) is 9.94. The second-order valence-corrected chi connectivity index (χ2v) is 6.76. The molecule has 4 nitrogen and oxygen atoms in total. The number of rotatable bonds is 4. The van der Waals surface area contributed by atoms with Crippen LogP contribution in [0.25, 0.3) is 0 Å². The second kappa shape index (κ2) is 4.31. The molecule has 3 N–H and O–H groups in total. The summed E-state index contributed by atoms with van der Waals surface area (Å²) in [6.45, 7) is 2.59. The van der Waals surface area contributed by atoms with E-state index in [1.54, 1.807) is 18.2 Å². The maximum atomic E-state index is 12.0. The van der Waals surface area contributed by atoms with Gasteiger partial charge in [-0.25, -0.2) is 13.1 Å². The van der Waals surface area contributed by atoms with Crippen molar-refractivity contribution in [3.05, 3.63) is 24.3 Å². The first-order chi connectivity index (χ1) is 7.93. The van der Waals surface area contributed by atoms with Gasteiger partial charge in [0.2, 0.25) is 10.0 Å². The van der Waals surface area contributed by atoms with E-state index in [9.17, 15) is 8.42 Å². The molecule has 0 aliphatic heterocycles. The lowest BCUT2D eigenvalue weighted by molar-refractivity contribution is 0.166. The molecule has 1 aliphatic rings. The van der Waals surface area contributed by atoms with Crippen molar-refractivity contribution in [1.82, 2.24) is 4.72 Å². The molecule has 0 heterocycles. The lowest BCUT2D eigenvalue weighted by Crippen LogP contribution is -2.40. The van der Waals surface area contributed by atoms with Crippen molar-refractivity contribution in [1.29, 1.82) is 0 Å². The Balaban J connectivity index is 2.12. The number of hydrogen-bond acceptors (Lipinski definition) is 3. The predicted molar refractivity (Wildman–Crippen MR) is 68.0 cm³/mol. The first-order valence-corrected chi connectivity index (χ1v) is 7.25. The van der Waals surface area contributed by atoms with Gasteiger partial charge in [-0.05, 0) is 30.4 Å². The van der Waals surface area contributed by atoms with E-state index in [-0.39, 0.29) is 10.3 Å². The molecule has 0 unspecified atom stereocenters. The van der Waals surface area contributed by atoms with Crippen LogP contribution in [-0.2, 0) is 10.0 Å². The highest BCUT2D eigenvalue weighted by atomic mass is 32.2. The summed E-state index contributed by atoms with van der Waals surface area (Å²) in [4.78, 5) is 0.169. The van der Waals surface area contributed by atoms with Crippen LogP contribution in [0.15, 0.2) is 29.2 Å². The number of nitrogen functional groups attached to an aromatic ring is 1. The van der Waals surface area contributed by atoms with Crippen LogP contribution in [0.3, 0.4) is 0 Å². The van der Waals surface area contributed by atoms with Gasteiger partial charge in [0.1, 0.15) is 4.90 Å². The van der Waals surface area contributed by atoms with Gasteiger partial charge in [0.25, 0.3) is 0 Å². The minimum absolute atomic E-state index is 0.122. The highest BCUT2D eigenvalue weighted by molar-refractivity contribution is 7.89. The average molecular weight is 254 g/mol. The quantitative estimate of drug-likeness (QED) is 0.804. The van der Waals surface area contributed by atoms with Gasteiger partial charge >= 0.3 is 0 Å². The van der Waals surface area contributed by atoms with Gasteiger partial charge in [0, 0.05) is 6.54 Å². The third kappa shape index (κ3) is 2.61. The largest absolute Gasteiger partial charge is 0.398 e. The van der Waals surface area contributed by atoms with Gasteiger partial charge in [-0.15, -0.1) is 0 Å². The molecule has 1 aromatic rings. The van der Waals surface area contributed by atoms with Crippen LogP contribution < -0.4 is 10.5 Å². The predicted octanol–water partition coefficient (Wildman–Crippen LogP) is 1.74. The summed E-state index contributed by atoms with van der Waals surface area (Å²) < 4.78 is 26.7. The van der Waals surface area contributed by atoms with Crippen LogP contribution in [0.2, 0.25) is 0 Å². The van der Waals surface area contributed by atoms with Crippen LogP contribution in [0, 0.1) is 5.41 Å². The number of hydrogen-bond donors (Lipinski definition) is 2. The van der Waals surface area contributed by atoms with E-state index in [0.717, 1.165) is 12.8 Å². The average Bonchev–Trinajstić information content (AvgIpc) is 2.24. The molecule has 1 aliphatic carbocycles. The zero-order valence-corrected chi connectivity index (χ0v) is 10.8. The Bertz CT molecular complexity index is 507. The van der Waals surface area contributed by atoms with Gasteiger partial charge in [0.15, 0.2) is 0 Å². The Morgan fingerprint density at radius 2 is 2.00 bits per heavy atom. The van der Waals surface area contributed by atoms with E-state index >= 15 is 0 Å². The van der Waals surface area contributed by atoms with Crippen molar-refractivity contribution >= 4 is 15.7 Å². The van der Waals surface area contributed by atoms with E-state index in [4.69, 9.17) is 5.73 Å². The highest BCUT2D eigenvalue weighted by Crippen LogP contribution is 2.39. The molecule has 5 heteroatoms. The van der Waals surface area contributed by atoms with E-state index in [2.05, 4.69) is 11.6 Å². The second-order valence-electron chi connectivity index (χ2n) is 5.03. The van der Waals surface area contributed by atoms with Crippen molar-refractivity contribution in [2.75, 3.05) is 12.3 Å². The molecule has 2 rings (SSSR count). The SMILES string of the molecule is CC1(CNS(=O)(=O)c2ccccc2N)CCC1. The Morgan fingerprint density at radius 3 is 2.53 bits per heavy atom. The fraction of sp³-hybridized carbons (Fsp3) is 0.500. The third-order valence-corrected chi connectivity index (χ3v) is 4.93. The van der Waals surface area contributed by atoms with E-state index in [1.165, 1.54) is 12.5 Å². The molecule has 1 aromatic carbocycles. The van der Waals surface area contributed by atoms with E-state index in [0.29, 0.717) is 12.2 Å². The molecule has 0 saturated heterocycles. The summed E-state index contributed by atoms with van der Waals surface area (Å²) >= 11 is 0. The van der Waals surface area contributed by atoms with Crippen molar-refractivity contribution in [3.8, 4) is 0 Å². The van der Waals surface area contributed by atoms with Crippen molar-refractivity contribution in [3.63, 3.8) is 0 Å². The van der Waals surface area contributed by atoms with Gasteiger partial charge in [-0.2, -0.15) is 0 Å². The minimum Gasteiger partial charge on any atom is -0.398 e. The Morgan fingerprint density at radius 1 is 1.35 bits per heavy atom. The fourth-order valence-corrected chi connectivity index (χ4v) is 3.36. The van der Waals surface area contributed by atoms with Crippen molar-refractivity contribution in [2.24, 2.45) is 5.41 Å². The summed E-state index contributed by atoms with van der Waals surface area (Å²) in [5.41, 5.74) is 6.09. The molecule has 1 fully saturated rings. The highest BCUT2D eigenvalue weighted by Gasteiger charge is 2.33. The number of para-hydroxylation sites is 1. The maximum absolute atomic E-state index is 12.0. The first kappa shape index (κ1) is 12.4. The van der Waals surface area contributed by atoms with Crippen LogP contribution in [0.4, 0.5) is 5.69 Å². The number of anilines is 1. The molecule has 94 valence electrons. The van der Waals surface area contributed by atoms with E-state index < -0.39 is 10.0 Å². The molecule has 0 spiro atoms.